The molecule has 6 heteroatoms. The molecule has 0 bridgehead atoms. The number of unbranched alkanes of at least 4 members (excludes halogenated alkanes) is 1. The van der Waals surface area contributed by atoms with Crippen LogP contribution in [0, 0.1) is 5.82 Å². The van der Waals surface area contributed by atoms with Gasteiger partial charge in [0.2, 0.25) is 0 Å². The Balaban J connectivity index is 2.12. The number of ether oxygens (including phenoxy) is 2. The average molecular weight is 400 g/mol. The first-order valence-electron chi connectivity index (χ1n) is 8.77. The molecule has 1 N–H and O–H groups in total. The average Bonchev–Trinajstić information content (AvgIpc) is 2.61. The molecule has 0 saturated heterocycles. The van der Waals surface area contributed by atoms with Crippen LogP contribution in [0.4, 0.5) is 4.39 Å². The van der Waals surface area contributed by atoms with Gasteiger partial charge in [0.1, 0.15) is 12.4 Å². The van der Waals surface area contributed by atoms with Gasteiger partial charge in [0.15, 0.2) is 11.5 Å². The molecule has 0 saturated carbocycles. The van der Waals surface area contributed by atoms with Gasteiger partial charge in [-0.1, -0.05) is 42.6 Å². The van der Waals surface area contributed by atoms with Crippen molar-refractivity contribution in [3.63, 3.8) is 0 Å². The lowest BCUT2D eigenvalue weighted by Gasteiger charge is -2.16. The molecule has 0 aliphatic carbocycles. The summed E-state index contributed by atoms with van der Waals surface area (Å²) in [6.45, 7) is 6.39. The van der Waals surface area contributed by atoms with Crippen molar-refractivity contribution in [2.45, 2.75) is 39.8 Å². The molecule has 0 atom stereocenters. The molecule has 3 nitrogen and oxygen atoms in total. The third-order valence-electron chi connectivity index (χ3n) is 3.83. The number of halogens is 3. The van der Waals surface area contributed by atoms with E-state index in [1.165, 1.54) is 12.1 Å². The first-order valence-corrected chi connectivity index (χ1v) is 9.53. The molecule has 0 radical (unpaired) electrons. The van der Waals surface area contributed by atoms with Gasteiger partial charge >= 0.3 is 0 Å². The van der Waals surface area contributed by atoms with Gasteiger partial charge in [-0.15, -0.1) is 0 Å². The molecule has 0 amide bonds. The third-order valence-corrected chi connectivity index (χ3v) is 4.54. The van der Waals surface area contributed by atoms with E-state index < -0.39 is 0 Å². The lowest BCUT2D eigenvalue weighted by Crippen LogP contribution is -2.15. The van der Waals surface area contributed by atoms with E-state index in [0.717, 1.165) is 24.9 Å². The van der Waals surface area contributed by atoms with E-state index >= 15 is 0 Å². The maximum Gasteiger partial charge on any atom is 0.163 e. The summed E-state index contributed by atoms with van der Waals surface area (Å²) in [5.74, 6) is 0.786. The third kappa shape index (κ3) is 6.04. The van der Waals surface area contributed by atoms with Crippen LogP contribution in [0.3, 0.4) is 0 Å². The van der Waals surface area contributed by atoms with Crippen LogP contribution in [0.25, 0.3) is 0 Å². The summed E-state index contributed by atoms with van der Waals surface area (Å²) >= 11 is 12.4. The van der Waals surface area contributed by atoms with Crippen molar-refractivity contribution in [2.24, 2.45) is 0 Å². The lowest BCUT2D eigenvalue weighted by molar-refractivity contribution is 0.269. The fraction of sp³-hybridized carbons (Fsp3) is 0.400. The fourth-order valence-electron chi connectivity index (χ4n) is 2.41. The standard InChI is InChI=1S/C20H24Cl2FNO2/c1-3-5-8-24-12-15-9-19(25-4-2)20(11-18(15)22)26-13-14-6-7-16(23)10-17(14)21/h6-7,9-11,24H,3-5,8,12-13H2,1-2H3. The SMILES string of the molecule is CCCCNCc1cc(OCC)c(OCc2ccc(F)cc2Cl)cc1Cl. The Hall–Kier alpha value is -1.49. The predicted octanol–water partition coefficient (Wildman–Crippen LogP) is 6.00. The maximum absolute atomic E-state index is 13.2. The van der Waals surface area contributed by atoms with Crippen LogP contribution in [0.2, 0.25) is 10.0 Å². The van der Waals surface area contributed by atoms with E-state index in [4.69, 9.17) is 32.7 Å². The molecule has 142 valence electrons. The lowest BCUT2D eigenvalue weighted by atomic mass is 10.2. The minimum Gasteiger partial charge on any atom is -0.490 e. The van der Waals surface area contributed by atoms with Gasteiger partial charge in [-0.05, 0) is 43.7 Å². The molecule has 2 aromatic carbocycles. The minimum atomic E-state index is -0.378. The summed E-state index contributed by atoms with van der Waals surface area (Å²) < 4.78 is 24.7. The number of hydrogen-bond acceptors (Lipinski definition) is 3. The van der Waals surface area contributed by atoms with E-state index in [2.05, 4.69) is 12.2 Å². The highest BCUT2D eigenvalue weighted by Crippen LogP contribution is 2.34. The molecule has 0 aromatic heterocycles. The summed E-state index contributed by atoms with van der Waals surface area (Å²) in [4.78, 5) is 0. The Kier molecular flexibility index (Phi) is 8.49. The van der Waals surface area contributed by atoms with Gasteiger partial charge in [0.25, 0.3) is 0 Å². The van der Waals surface area contributed by atoms with Crippen LogP contribution >= 0.6 is 23.2 Å². The quantitative estimate of drug-likeness (QED) is 0.496. The molecule has 0 aliphatic rings. The molecule has 0 aliphatic heterocycles. The summed E-state index contributed by atoms with van der Waals surface area (Å²) in [6, 6.07) is 7.87. The summed E-state index contributed by atoms with van der Waals surface area (Å²) in [5.41, 5.74) is 1.65. The largest absolute Gasteiger partial charge is 0.490 e. The fourth-order valence-corrected chi connectivity index (χ4v) is 2.86. The second-order valence-corrected chi connectivity index (χ2v) is 6.69. The van der Waals surface area contributed by atoms with Crippen LogP contribution in [-0.4, -0.2) is 13.2 Å². The molecular weight excluding hydrogens is 376 g/mol. The molecule has 0 fully saturated rings. The Morgan fingerprint density at radius 3 is 2.38 bits per heavy atom. The summed E-state index contributed by atoms with van der Waals surface area (Å²) in [5, 5.41) is 4.30. The van der Waals surface area contributed by atoms with Crippen LogP contribution < -0.4 is 14.8 Å². The number of hydrogen-bond donors (Lipinski definition) is 1. The normalized spacial score (nSPS) is 10.8. The van der Waals surface area contributed by atoms with Gasteiger partial charge in [0, 0.05) is 23.2 Å². The number of nitrogens with one attached hydrogen (secondary N) is 1. The molecule has 2 rings (SSSR count). The number of benzene rings is 2. The van der Waals surface area contributed by atoms with E-state index in [1.807, 2.05) is 13.0 Å². The molecular formula is C20H24Cl2FNO2. The Morgan fingerprint density at radius 2 is 1.69 bits per heavy atom. The van der Waals surface area contributed by atoms with Crippen LogP contribution in [0.15, 0.2) is 30.3 Å². The van der Waals surface area contributed by atoms with Crippen molar-refractivity contribution in [1.29, 1.82) is 0 Å². The Labute approximate surface area is 164 Å². The zero-order valence-corrected chi connectivity index (χ0v) is 16.6. The minimum absolute atomic E-state index is 0.198. The van der Waals surface area contributed by atoms with Crippen LogP contribution in [0.5, 0.6) is 11.5 Å². The predicted molar refractivity (Wildman–Crippen MR) is 105 cm³/mol. The van der Waals surface area contributed by atoms with Crippen molar-refractivity contribution in [3.05, 3.63) is 57.3 Å². The monoisotopic (exact) mass is 399 g/mol. The van der Waals surface area contributed by atoms with Crippen molar-refractivity contribution >= 4 is 23.2 Å². The van der Waals surface area contributed by atoms with Gasteiger partial charge in [-0.25, -0.2) is 4.39 Å². The molecule has 0 heterocycles. The summed E-state index contributed by atoms with van der Waals surface area (Å²) in [6.07, 6.45) is 2.26. The van der Waals surface area contributed by atoms with E-state index in [1.54, 1.807) is 12.1 Å². The van der Waals surface area contributed by atoms with Gasteiger partial charge in [-0.3, -0.25) is 0 Å². The van der Waals surface area contributed by atoms with Crippen LogP contribution in [0.1, 0.15) is 37.8 Å². The maximum atomic E-state index is 13.2. The van der Waals surface area contributed by atoms with Crippen molar-refractivity contribution in [1.82, 2.24) is 5.32 Å². The van der Waals surface area contributed by atoms with Crippen molar-refractivity contribution < 1.29 is 13.9 Å². The van der Waals surface area contributed by atoms with Gasteiger partial charge in [-0.2, -0.15) is 0 Å². The van der Waals surface area contributed by atoms with E-state index in [-0.39, 0.29) is 12.4 Å². The molecule has 0 unspecified atom stereocenters. The van der Waals surface area contributed by atoms with Gasteiger partial charge < -0.3 is 14.8 Å². The zero-order chi connectivity index (χ0) is 18.9. The van der Waals surface area contributed by atoms with Gasteiger partial charge in [0.05, 0.1) is 11.6 Å². The number of rotatable bonds is 10. The van der Waals surface area contributed by atoms with E-state index in [9.17, 15) is 4.39 Å². The molecule has 26 heavy (non-hydrogen) atoms. The van der Waals surface area contributed by atoms with Crippen molar-refractivity contribution in [3.8, 4) is 11.5 Å². The zero-order valence-electron chi connectivity index (χ0n) is 15.1. The Bertz CT molecular complexity index is 725. The topological polar surface area (TPSA) is 30.5 Å². The van der Waals surface area contributed by atoms with E-state index in [0.29, 0.717) is 40.3 Å². The highest BCUT2D eigenvalue weighted by molar-refractivity contribution is 6.31. The second kappa shape index (κ2) is 10.6. The highest BCUT2D eigenvalue weighted by atomic mass is 35.5. The molecule has 2 aromatic rings. The summed E-state index contributed by atoms with van der Waals surface area (Å²) in [7, 11) is 0. The second-order valence-electron chi connectivity index (χ2n) is 5.88. The first-order chi connectivity index (χ1) is 12.5. The van der Waals surface area contributed by atoms with Crippen molar-refractivity contribution in [2.75, 3.05) is 13.2 Å². The Morgan fingerprint density at radius 1 is 0.962 bits per heavy atom. The highest BCUT2D eigenvalue weighted by Gasteiger charge is 2.12. The molecule has 0 spiro atoms. The van der Waals surface area contributed by atoms with Crippen LogP contribution in [-0.2, 0) is 13.2 Å². The first kappa shape index (κ1) is 20.8. The smallest absolute Gasteiger partial charge is 0.163 e.